The normalized spacial score (nSPS) is 21.7. The van der Waals surface area contributed by atoms with Crippen LogP contribution in [0.1, 0.15) is 26.2 Å². The van der Waals surface area contributed by atoms with E-state index in [0.717, 1.165) is 50.3 Å². The number of nitrogens with two attached hydrogens (primary N) is 1. The molecule has 2 aliphatic rings. The highest BCUT2D eigenvalue weighted by molar-refractivity contribution is 6.43. The molecule has 0 bridgehead atoms. The highest BCUT2D eigenvalue weighted by Gasteiger charge is 2.41. The fourth-order valence-corrected chi connectivity index (χ4v) is 4.57. The maximum absolute atomic E-state index is 6.34. The molecule has 0 radical (unpaired) electrons. The highest BCUT2D eigenvalue weighted by atomic mass is 35.5. The Morgan fingerprint density at radius 1 is 1.32 bits per heavy atom. The summed E-state index contributed by atoms with van der Waals surface area (Å²) in [5, 5.41) is 0.924. The molecule has 2 aliphatic heterocycles. The molecule has 8 heteroatoms. The first-order valence-electron chi connectivity index (χ1n) is 9.44. The second kappa shape index (κ2) is 7.85. The number of anilines is 1. The Morgan fingerprint density at radius 3 is 2.79 bits per heavy atom. The number of nitrogens with zero attached hydrogens (tertiary/aromatic N) is 4. The third-order valence-corrected chi connectivity index (χ3v) is 6.50. The summed E-state index contributed by atoms with van der Waals surface area (Å²) in [5.74, 6) is 1.23. The molecule has 2 aromatic rings. The molecule has 2 fully saturated rings. The minimum Gasteiger partial charge on any atom is -0.390 e. The molecule has 0 saturated carbocycles. The summed E-state index contributed by atoms with van der Waals surface area (Å²) in [6.45, 7) is 4.80. The third-order valence-electron chi connectivity index (χ3n) is 5.68. The first kappa shape index (κ1) is 19.4. The minimum atomic E-state index is 0.300. The summed E-state index contributed by atoms with van der Waals surface area (Å²) in [6, 6.07) is 5.44. The van der Waals surface area contributed by atoms with Crippen LogP contribution in [-0.2, 0) is 4.74 Å². The second-order valence-electron chi connectivity index (χ2n) is 7.59. The largest absolute Gasteiger partial charge is 0.390 e. The number of hydrogen-bond acceptors (Lipinski definition) is 5. The van der Waals surface area contributed by atoms with Crippen LogP contribution in [0.4, 0.5) is 11.6 Å². The molecule has 3 heterocycles. The first-order chi connectivity index (χ1) is 13.5. The van der Waals surface area contributed by atoms with E-state index in [9.17, 15) is 0 Å². The number of aliphatic imine (C=N–C) groups is 1. The van der Waals surface area contributed by atoms with Crippen LogP contribution in [0.3, 0.4) is 0 Å². The van der Waals surface area contributed by atoms with Crippen LogP contribution in [0, 0.1) is 5.41 Å². The van der Waals surface area contributed by atoms with E-state index < -0.39 is 0 Å². The number of piperidine rings is 1. The fourth-order valence-electron chi connectivity index (χ4n) is 4.17. The van der Waals surface area contributed by atoms with Gasteiger partial charge in [0.1, 0.15) is 0 Å². The van der Waals surface area contributed by atoms with Gasteiger partial charge in [0.15, 0.2) is 11.6 Å². The molecule has 6 nitrogen and oxygen atoms in total. The van der Waals surface area contributed by atoms with Crippen molar-refractivity contribution in [3.63, 3.8) is 0 Å². The molecule has 0 amide bonds. The predicted molar refractivity (Wildman–Crippen MR) is 114 cm³/mol. The number of aromatic nitrogens is 2. The van der Waals surface area contributed by atoms with Crippen molar-refractivity contribution in [1.29, 1.82) is 0 Å². The predicted octanol–water partition coefficient (Wildman–Crippen LogP) is 4.46. The number of hydrogen-bond donors (Lipinski definition) is 1. The van der Waals surface area contributed by atoms with E-state index >= 15 is 0 Å². The van der Waals surface area contributed by atoms with Crippen LogP contribution in [0.15, 0.2) is 29.4 Å². The van der Waals surface area contributed by atoms with Crippen LogP contribution < -0.4 is 10.6 Å². The minimum absolute atomic E-state index is 0.300. The summed E-state index contributed by atoms with van der Waals surface area (Å²) >= 11 is 12.5. The zero-order valence-corrected chi connectivity index (χ0v) is 17.2. The van der Waals surface area contributed by atoms with Gasteiger partial charge >= 0.3 is 0 Å². The maximum Gasteiger partial charge on any atom is 0.197 e. The van der Waals surface area contributed by atoms with Crippen molar-refractivity contribution in [3.05, 3.63) is 34.4 Å². The van der Waals surface area contributed by atoms with Gasteiger partial charge in [-0.3, -0.25) is 0 Å². The number of benzene rings is 1. The number of ether oxygens (including phenoxy) is 1. The van der Waals surface area contributed by atoms with Crippen LogP contribution in [-0.4, -0.2) is 42.1 Å². The monoisotopic (exact) mass is 419 g/mol. The molecule has 0 aliphatic carbocycles. The van der Waals surface area contributed by atoms with Gasteiger partial charge in [0.2, 0.25) is 0 Å². The van der Waals surface area contributed by atoms with Crippen molar-refractivity contribution < 1.29 is 4.74 Å². The van der Waals surface area contributed by atoms with Gasteiger partial charge in [-0.15, -0.1) is 0 Å². The molecular weight excluding hydrogens is 397 g/mol. The maximum atomic E-state index is 6.34. The van der Waals surface area contributed by atoms with Gasteiger partial charge in [-0.1, -0.05) is 35.3 Å². The van der Waals surface area contributed by atoms with E-state index in [2.05, 4.69) is 26.8 Å². The Morgan fingerprint density at radius 2 is 2.11 bits per heavy atom. The quantitative estimate of drug-likeness (QED) is 0.586. The molecule has 2 saturated heterocycles. The van der Waals surface area contributed by atoms with Gasteiger partial charge in [0, 0.05) is 18.7 Å². The lowest BCUT2D eigenvalue weighted by Crippen LogP contribution is -2.41. The summed E-state index contributed by atoms with van der Waals surface area (Å²) < 4.78 is 5.83. The van der Waals surface area contributed by atoms with Gasteiger partial charge in [0.25, 0.3) is 0 Å². The summed E-state index contributed by atoms with van der Waals surface area (Å²) in [4.78, 5) is 15.8. The Bertz CT molecular complexity index is 896. The van der Waals surface area contributed by atoms with Gasteiger partial charge in [-0.05, 0) is 37.7 Å². The average Bonchev–Trinajstić information content (AvgIpc) is 3.05. The van der Waals surface area contributed by atoms with E-state index in [1.807, 2.05) is 12.1 Å². The van der Waals surface area contributed by atoms with Crippen LogP contribution >= 0.6 is 23.2 Å². The van der Waals surface area contributed by atoms with Crippen LogP contribution in [0.5, 0.6) is 0 Å². The Hall–Kier alpha value is -1.89. The van der Waals surface area contributed by atoms with Crippen molar-refractivity contribution in [2.75, 3.05) is 24.6 Å². The smallest absolute Gasteiger partial charge is 0.197 e. The number of halogens is 2. The van der Waals surface area contributed by atoms with Crippen molar-refractivity contribution in [2.24, 2.45) is 16.1 Å². The second-order valence-corrected chi connectivity index (χ2v) is 8.38. The Kier molecular flexibility index (Phi) is 5.45. The van der Waals surface area contributed by atoms with Gasteiger partial charge in [0.05, 0.1) is 41.0 Å². The molecule has 1 aromatic carbocycles. The zero-order valence-electron chi connectivity index (χ0n) is 15.7. The lowest BCUT2D eigenvalue weighted by atomic mass is 9.77. The summed E-state index contributed by atoms with van der Waals surface area (Å²) in [5.41, 5.74) is 7.20. The van der Waals surface area contributed by atoms with E-state index in [0.29, 0.717) is 33.1 Å². The van der Waals surface area contributed by atoms with Crippen LogP contribution in [0.25, 0.3) is 11.3 Å². The third kappa shape index (κ3) is 3.69. The lowest BCUT2D eigenvalue weighted by molar-refractivity contribution is 0.0976. The van der Waals surface area contributed by atoms with E-state index in [-0.39, 0.29) is 0 Å². The molecule has 4 rings (SSSR count). The van der Waals surface area contributed by atoms with Crippen molar-refractivity contribution >= 4 is 41.2 Å². The molecule has 2 N–H and O–H groups in total. The molecule has 0 unspecified atom stereocenters. The van der Waals surface area contributed by atoms with Crippen molar-refractivity contribution in [3.8, 4) is 11.3 Å². The number of rotatable bonds is 3. The molecule has 1 atom stereocenters. The standard InChI is InChI=1S/C20H23Cl2N5O/c1-13-9-20(11-28-13)5-7-27(8-6-20)19-18(25-12-23)26-16(10-24-19)14-3-2-4-15(21)17(14)22/h2-4,10,12-13H,5-9,11H2,1H3,(H2,23,25,26)/t13-/m0/s1. The SMILES string of the molecule is C[C@H]1CC2(CCN(c3ncc(-c4cccc(Cl)c4Cl)nc3N=CN)CC2)CO1. The van der Waals surface area contributed by atoms with Gasteiger partial charge < -0.3 is 15.4 Å². The Labute approximate surface area is 174 Å². The molecular formula is C20H23Cl2N5O. The van der Waals surface area contributed by atoms with Gasteiger partial charge in [-0.25, -0.2) is 15.0 Å². The fraction of sp³-hybridized carbons (Fsp3) is 0.450. The summed E-state index contributed by atoms with van der Waals surface area (Å²) in [6.07, 6.45) is 6.60. The zero-order chi connectivity index (χ0) is 19.7. The van der Waals surface area contributed by atoms with Crippen LogP contribution in [0.2, 0.25) is 10.0 Å². The Balaban J connectivity index is 1.61. The topological polar surface area (TPSA) is 76.6 Å². The van der Waals surface area contributed by atoms with E-state index in [1.165, 1.54) is 6.34 Å². The molecule has 28 heavy (non-hydrogen) atoms. The average molecular weight is 420 g/mol. The van der Waals surface area contributed by atoms with E-state index in [4.69, 9.17) is 33.7 Å². The van der Waals surface area contributed by atoms with Crippen molar-refractivity contribution in [1.82, 2.24) is 9.97 Å². The molecule has 1 spiro atoms. The molecule has 1 aromatic heterocycles. The summed E-state index contributed by atoms with van der Waals surface area (Å²) in [7, 11) is 0. The molecule has 148 valence electrons. The first-order valence-corrected chi connectivity index (χ1v) is 10.2. The van der Waals surface area contributed by atoms with Crippen molar-refractivity contribution in [2.45, 2.75) is 32.3 Å². The van der Waals surface area contributed by atoms with Gasteiger partial charge in [-0.2, -0.15) is 0 Å². The van der Waals surface area contributed by atoms with E-state index in [1.54, 1.807) is 12.3 Å². The lowest BCUT2D eigenvalue weighted by Gasteiger charge is -2.39. The highest BCUT2D eigenvalue weighted by Crippen LogP contribution is 2.43.